The second kappa shape index (κ2) is 6.83. The summed E-state index contributed by atoms with van der Waals surface area (Å²) in [6.07, 6.45) is 1.76. The molecule has 0 N–H and O–H groups in total. The van der Waals surface area contributed by atoms with Gasteiger partial charge < -0.3 is 9.80 Å². The minimum absolute atomic E-state index is 0.0270. The molecular formula is C14H21N3O2S. The number of carbonyl (C=O) groups is 2. The highest BCUT2D eigenvalue weighted by Gasteiger charge is 2.28. The van der Waals surface area contributed by atoms with E-state index in [1.54, 1.807) is 15.8 Å². The largest absolute Gasteiger partial charge is 0.339 e. The van der Waals surface area contributed by atoms with E-state index in [1.807, 2.05) is 18.7 Å². The van der Waals surface area contributed by atoms with E-state index in [4.69, 9.17) is 0 Å². The Morgan fingerprint density at radius 3 is 2.30 bits per heavy atom. The predicted molar refractivity (Wildman–Crippen MR) is 78.7 cm³/mol. The fourth-order valence-electron chi connectivity index (χ4n) is 2.51. The quantitative estimate of drug-likeness (QED) is 0.852. The highest BCUT2D eigenvalue weighted by molar-refractivity contribution is 7.07. The molecule has 0 aliphatic carbocycles. The normalized spacial score (nSPS) is 15.8. The smallest absolute Gasteiger partial charge is 0.273 e. The van der Waals surface area contributed by atoms with Crippen molar-refractivity contribution in [2.45, 2.75) is 26.7 Å². The Labute approximate surface area is 123 Å². The Hall–Kier alpha value is -1.43. The maximum atomic E-state index is 12.3. The molecule has 0 atom stereocenters. The van der Waals surface area contributed by atoms with Gasteiger partial charge in [-0.2, -0.15) is 0 Å². The Morgan fingerprint density at radius 2 is 1.80 bits per heavy atom. The molecule has 1 saturated heterocycles. The number of hydrogen-bond donors (Lipinski definition) is 0. The van der Waals surface area contributed by atoms with Gasteiger partial charge in [-0.25, -0.2) is 4.98 Å². The van der Waals surface area contributed by atoms with Crippen molar-refractivity contribution in [2.24, 2.45) is 5.92 Å². The lowest BCUT2D eigenvalue weighted by atomic mass is 10.0. The van der Waals surface area contributed by atoms with Crippen LogP contribution in [0.5, 0.6) is 0 Å². The second-order valence-corrected chi connectivity index (χ2v) is 5.72. The number of aromatic nitrogens is 1. The molecule has 1 aliphatic rings. The predicted octanol–water partition coefficient (Wildman–Crippen LogP) is 1.86. The highest BCUT2D eigenvalue weighted by atomic mass is 32.1. The van der Waals surface area contributed by atoms with Crippen LogP contribution in [0.4, 0.5) is 0 Å². The molecule has 0 bridgehead atoms. The number of nitrogens with zero attached hydrogens (tertiary/aromatic N) is 3. The van der Waals surface area contributed by atoms with Gasteiger partial charge >= 0.3 is 0 Å². The first-order chi connectivity index (χ1) is 9.67. The SMILES string of the molecule is CCC(CC)C(=O)N1CCN(C(=O)c2cscn2)CC1. The van der Waals surface area contributed by atoms with Gasteiger partial charge in [0.05, 0.1) is 5.51 Å². The van der Waals surface area contributed by atoms with Crippen LogP contribution in [0.1, 0.15) is 37.2 Å². The van der Waals surface area contributed by atoms with E-state index in [9.17, 15) is 9.59 Å². The molecular weight excluding hydrogens is 274 g/mol. The minimum Gasteiger partial charge on any atom is -0.339 e. The molecule has 0 saturated carbocycles. The first-order valence-corrected chi connectivity index (χ1v) is 8.07. The molecule has 2 amide bonds. The highest BCUT2D eigenvalue weighted by Crippen LogP contribution is 2.15. The first-order valence-electron chi connectivity index (χ1n) is 7.13. The van der Waals surface area contributed by atoms with Crippen LogP contribution < -0.4 is 0 Å². The Bertz CT molecular complexity index is 449. The zero-order chi connectivity index (χ0) is 14.5. The summed E-state index contributed by atoms with van der Waals surface area (Å²) < 4.78 is 0. The molecule has 0 radical (unpaired) electrons. The van der Waals surface area contributed by atoms with Gasteiger partial charge in [-0.1, -0.05) is 13.8 Å². The van der Waals surface area contributed by atoms with Crippen molar-refractivity contribution in [3.63, 3.8) is 0 Å². The summed E-state index contributed by atoms with van der Waals surface area (Å²) >= 11 is 1.42. The molecule has 2 heterocycles. The van der Waals surface area contributed by atoms with Crippen molar-refractivity contribution in [3.8, 4) is 0 Å². The topological polar surface area (TPSA) is 53.5 Å². The maximum Gasteiger partial charge on any atom is 0.273 e. The summed E-state index contributed by atoms with van der Waals surface area (Å²) in [5.74, 6) is 0.326. The maximum absolute atomic E-state index is 12.3. The minimum atomic E-state index is -0.0270. The number of carbonyl (C=O) groups excluding carboxylic acids is 2. The van der Waals surface area contributed by atoms with E-state index < -0.39 is 0 Å². The van der Waals surface area contributed by atoms with Crippen LogP contribution in [0.2, 0.25) is 0 Å². The van der Waals surface area contributed by atoms with Gasteiger partial charge in [0.1, 0.15) is 5.69 Å². The molecule has 0 unspecified atom stereocenters. The molecule has 1 aliphatic heterocycles. The zero-order valence-electron chi connectivity index (χ0n) is 12.0. The number of piperazine rings is 1. The van der Waals surface area contributed by atoms with Crippen LogP contribution in [0, 0.1) is 5.92 Å². The lowest BCUT2D eigenvalue weighted by Crippen LogP contribution is -2.52. The van der Waals surface area contributed by atoms with E-state index in [-0.39, 0.29) is 17.7 Å². The zero-order valence-corrected chi connectivity index (χ0v) is 12.9. The third-order valence-corrected chi connectivity index (χ3v) is 4.45. The lowest BCUT2D eigenvalue weighted by Gasteiger charge is -2.36. The summed E-state index contributed by atoms with van der Waals surface area (Å²) in [4.78, 5) is 32.1. The summed E-state index contributed by atoms with van der Waals surface area (Å²) in [5, 5.41) is 1.77. The monoisotopic (exact) mass is 295 g/mol. The Balaban J connectivity index is 1.89. The van der Waals surface area contributed by atoms with Gasteiger partial charge in [-0.3, -0.25) is 9.59 Å². The van der Waals surface area contributed by atoms with Crippen molar-refractivity contribution in [3.05, 3.63) is 16.6 Å². The average molecular weight is 295 g/mol. The summed E-state index contributed by atoms with van der Waals surface area (Å²) in [5.41, 5.74) is 2.18. The van der Waals surface area contributed by atoms with E-state index in [0.717, 1.165) is 12.8 Å². The van der Waals surface area contributed by atoms with Crippen molar-refractivity contribution in [1.82, 2.24) is 14.8 Å². The van der Waals surface area contributed by atoms with E-state index in [2.05, 4.69) is 4.98 Å². The van der Waals surface area contributed by atoms with E-state index in [0.29, 0.717) is 31.9 Å². The standard InChI is InChI=1S/C14H21N3O2S/c1-3-11(4-2)13(18)16-5-7-17(8-6-16)14(19)12-9-20-10-15-12/h9-11H,3-8H2,1-2H3. The molecule has 5 nitrogen and oxygen atoms in total. The van der Waals surface area contributed by atoms with Gasteiger partial charge in [-0.15, -0.1) is 11.3 Å². The van der Waals surface area contributed by atoms with Crippen molar-refractivity contribution < 1.29 is 9.59 Å². The molecule has 2 rings (SSSR count). The van der Waals surface area contributed by atoms with Gasteiger partial charge in [0.2, 0.25) is 5.91 Å². The van der Waals surface area contributed by atoms with Gasteiger partial charge in [0, 0.05) is 37.5 Å². The number of amides is 2. The van der Waals surface area contributed by atoms with Crippen LogP contribution in [0.15, 0.2) is 10.9 Å². The average Bonchev–Trinajstić information content (AvgIpc) is 3.02. The Kier molecular flexibility index (Phi) is 5.11. The van der Waals surface area contributed by atoms with Crippen LogP contribution in [-0.4, -0.2) is 52.8 Å². The molecule has 110 valence electrons. The molecule has 0 aromatic carbocycles. The molecule has 0 spiro atoms. The number of hydrogen-bond acceptors (Lipinski definition) is 4. The summed E-state index contributed by atoms with van der Waals surface area (Å²) in [6, 6.07) is 0. The van der Waals surface area contributed by atoms with Crippen molar-refractivity contribution >= 4 is 23.2 Å². The van der Waals surface area contributed by atoms with Crippen molar-refractivity contribution in [2.75, 3.05) is 26.2 Å². The molecule has 1 fully saturated rings. The second-order valence-electron chi connectivity index (χ2n) is 5.00. The van der Waals surface area contributed by atoms with Crippen LogP contribution in [-0.2, 0) is 4.79 Å². The third kappa shape index (κ3) is 3.17. The summed E-state index contributed by atoms with van der Waals surface area (Å²) in [6.45, 7) is 6.56. The van der Waals surface area contributed by atoms with Gasteiger partial charge in [-0.05, 0) is 12.8 Å². The first kappa shape index (κ1) is 15.0. The van der Waals surface area contributed by atoms with Crippen molar-refractivity contribution in [1.29, 1.82) is 0 Å². The molecule has 1 aromatic rings. The number of thiazole rings is 1. The van der Waals surface area contributed by atoms with E-state index in [1.165, 1.54) is 11.3 Å². The van der Waals surface area contributed by atoms with Crippen LogP contribution in [0.3, 0.4) is 0 Å². The lowest BCUT2D eigenvalue weighted by molar-refractivity contribution is -0.137. The molecule has 1 aromatic heterocycles. The Morgan fingerprint density at radius 1 is 1.20 bits per heavy atom. The molecule has 6 heteroatoms. The fraction of sp³-hybridized carbons (Fsp3) is 0.643. The fourth-order valence-corrected chi connectivity index (χ4v) is 3.03. The number of rotatable bonds is 4. The van der Waals surface area contributed by atoms with Gasteiger partial charge in [0.15, 0.2) is 0 Å². The van der Waals surface area contributed by atoms with Crippen LogP contribution in [0.25, 0.3) is 0 Å². The molecule has 20 heavy (non-hydrogen) atoms. The summed E-state index contributed by atoms with van der Waals surface area (Å²) in [7, 11) is 0. The van der Waals surface area contributed by atoms with Gasteiger partial charge in [0.25, 0.3) is 5.91 Å². The third-order valence-electron chi connectivity index (χ3n) is 3.86. The van der Waals surface area contributed by atoms with E-state index >= 15 is 0 Å². The van der Waals surface area contributed by atoms with Crippen LogP contribution >= 0.6 is 11.3 Å².